The quantitative estimate of drug-likeness (QED) is 0.612. The summed E-state index contributed by atoms with van der Waals surface area (Å²) in [7, 11) is -3.80. The van der Waals surface area contributed by atoms with Crippen LogP contribution in [0.4, 0.5) is 5.69 Å². The van der Waals surface area contributed by atoms with Crippen molar-refractivity contribution in [3.05, 3.63) is 71.0 Å². The van der Waals surface area contributed by atoms with Crippen molar-refractivity contribution in [2.24, 2.45) is 0 Å². The summed E-state index contributed by atoms with van der Waals surface area (Å²) in [6.45, 7) is 1.73. The summed E-state index contributed by atoms with van der Waals surface area (Å²) in [5, 5.41) is 0.491. The molecule has 2 aromatic carbocycles. The highest BCUT2D eigenvalue weighted by Gasteiger charge is 2.26. The Labute approximate surface area is 172 Å². The van der Waals surface area contributed by atoms with E-state index >= 15 is 0 Å². The summed E-state index contributed by atoms with van der Waals surface area (Å²) < 4.78 is 38.8. The average molecular weight is 431 g/mol. The summed E-state index contributed by atoms with van der Waals surface area (Å²) in [4.78, 5) is 15.7. The first-order chi connectivity index (χ1) is 13.8. The minimum absolute atomic E-state index is 0.0902. The molecule has 148 valence electrons. The number of rotatable bonds is 5. The maximum absolute atomic E-state index is 12.7. The summed E-state index contributed by atoms with van der Waals surface area (Å²) >= 11 is 5.97. The zero-order chi connectivity index (χ0) is 20.6. The molecule has 0 unspecified atom stereocenters. The minimum Gasteiger partial charge on any atom is -0.453 e. The zero-order valence-electron chi connectivity index (χ0n) is 15.2. The fourth-order valence-electron chi connectivity index (χ4n) is 2.82. The summed E-state index contributed by atoms with van der Waals surface area (Å²) in [5.41, 5.74) is 1.48. The Balaban J connectivity index is 1.58. The lowest BCUT2D eigenvalue weighted by molar-refractivity contribution is -0.131. The van der Waals surface area contributed by atoms with Crippen LogP contribution in [-0.4, -0.2) is 19.4 Å². The normalized spacial score (nSPS) is 13.0. The maximum atomic E-state index is 12.7. The topological polar surface area (TPSA) is 94.6 Å². The molecule has 1 N–H and O–H groups in total. The number of aromatic nitrogens is 1. The van der Waals surface area contributed by atoms with E-state index in [1.807, 2.05) is 0 Å². The van der Waals surface area contributed by atoms with Crippen LogP contribution in [0.25, 0.3) is 0 Å². The van der Waals surface area contributed by atoms with E-state index in [0.717, 1.165) is 0 Å². The van der Waals surface area contributed by atoms with Gasteiger partial charge < -0.3 is 9.47 Å². The average Bonchev–Trinajstić information content (AvgIpc) is 3.05. The number of carbonyl (C=O) groups is 1. The third-order valence-corrected chi connectivity index (χ3v) is 6.03. The predicted molar refractivity (Wildman–Crippen MR) is 107 cm³/mol. The third-order valence-electron chi connectivity index (χ3n) is 4.22. The molecular weight excluding hydrogens is 416 g/mol. The monoisotopic (exact) mass is 430 g/mol. The van der Waals surface area contributed by atoms with Crippen molar-refractivity contribution in [2.75, 3.05) is 4.72 Å². The number of hydrogen-bond acceptors (Lipinski definition) is 6. The SMILES string of the molecule is Cc1cc(S(=O)(=O)Nc2cccc(Oc3ccnc4c3OC(=O)C4)c2)ccc1Cl. The number of sulfonamides is 1. The Kier molecular flexibility index (Phi) is 4.89. The van der Waals surface area contributed by atoms with Gasteiger partial charge in [-0.05, 0) is 42.8 Å². The molecule has 0 fully saturated rings. The molecule has 2 heterocycles. The highest BCUT2D eigenvalue weighted by molar-refractivity contribution is 7.92. The fourth-order valence-corrected chi connectivity index (χ4v) is 4.07. The van der Waals surface area contributed by atoms with E-state index < -0.39 is 16.0 Å². The molecule has 29 heavy (non-hydrogen) atoms. The lowest BCUT2D eigenvalue weighted by atomic mass is 10.2. The third kappa shape index (κ3) is 4.03. The second-order valence-corrected chi connectivity index (χ2v) is 8.47. The van der Waals surface area contributed by atoms with E-state index in [4.69, 9.17) is 21.1 Å². The number of nitrogens with one attached hydrogen (secondary N) is 1. The van der Waals surface area contributed by atoms with Gasteiger partial charge >= 0.3 is 5.97 Å². The van der Waals surface area contributed by atoms with Crippen molar-refractivity contribution < 1.29 is 22.7 Å². The number of halogens is 1. The van der Waals surface area contributed by atoms with Crippen LogP contribution in [0.15, 0.2) is 59.6 Å². The molecule has 0 spiro atoms. The number of aryl methyl sites for hydroxylation is 1. The van der Waals surface area contributed by atoms with Crippen molar-refractivity contribution in [1.29, 1.82) is 0 Å². The minimum atomic E-state index is -3.80. The van der Waals surface area contributed by atoms with Crippen LogP contribution in [0.2, 0.25) is 5.02 Å². The molecule has 4 rings (SSSR count). The van der Waals surface area contributed by atoms with Crippen molar-refractivity contribution in [3.63, 3.8) is 0 Å². The molecule has 0 saturated heterocycles. The van der Waals surface area contributed by atoms with Gasteiger partial charge in [0.2, 0.25) is 0 Å². The van der Waals surface area contributed by atoms with Gasteiger partial charge in [0.15, 0.2) is 11.5 Å². The lowest BCUT2D eigenvalue weighted by Crippen LogP contribution is -2.13. The fraction of sp³-hybridized carbons (Fsp3) is 0.100. The number of ether oxygens (including phenoxy) is 2. The first-order valence-electron chi connectivity index (χ1n) is 8.57. The van der Waals surface area contributed by atoms with E-state index in [0.29, 0.717) is 33.5 Å². The molecule has 9 heteroatoms. The lowest BCUT2D eigenvalue weighted by Gasteiger charge is -2.12. The molecule has 0 radical (unpaired) electrons. The van der Waals surface area contributed by atoms with E-state index in [9.17, 15) is 13.2 Å². The number of anilines is 1. The molecule has 0 aliphatic carbocycles. The molecule has 0 saturated carbocycles. The number of pyridine rings is 1. The summed E-state index contributed by atoms with van der Waals surface area (Å²) in [6, 6.07) is 12.5. The largest absolute Gasteiger partial charge is 0.453 e. The van der Waals surface area contributed by atoms with Crippen LogP contribution in [0, 0.1) is 6.92 Å². The van der Waals surface area contributed by atoms with Crippen molar-refractivity contribution in [1.82, 2.24) is 4.98 Å². The molecule has 7 nitrogen and oxygen atoms in total. The molecule has 1 aliphatic rings. The Morgan fingerprint density at radius 2 is 2.00 bits per heavy atom. The van der Waals surface area contributed by atoms with Gasteiger partial charge in [-0.3, -0.25) is 14.5 Å². The second kappa shape index (κ2) is 7.38. The van der Waals surface area contributed by atoms with Crippen LogP contribution in [-0.2, 0) is 21.2 Å². The standard InChI is InChI=1S/C20H15ClN2O5S/c1-12-9-15(5-6-16(12)21)29(25,26)23-13-3-2-4-14(10-13)27-18-7-8-22-17-11-19(24)28-20(17)18/h2-10,23H,11H2,1H3. The number of carbonyl (C=O) groups excluding carboxylic acids is 1. The number of hydrogen-bond donors (Lipinski definition) is 1. The van der Waals surface area contributed by atoms with Gasteiger partial charge in [-0.1, -0.05) is 17.7 Å². The van der Waals surface area contributed by atoms with Gasteiger partial charge in [0.1, 0.15) is 5.75 Å². The van der Waals surface area contributed by atoms with E-state index in [1.165, 1.54) is 30.5 Å². The first kappa shape index (κ1) is 19.2. The number of fused-ring (bicyclic) bond motifs is 1. The Hall–Kier alpha value is -3.10. The highest BCUT2D eigenvalue weighted by Crippen LogP contribution is 2.37. The molecule has 1 aliphatic heterocycles. The van der Waals surface area contributed by atoms with Gasteiger partial charge in [0.25, 0.3) is 10.0 Å². The highest BCUT2D eigenvalue weighted by atomic mass is 35.5. The van der Waals surface area contributed by atoms with Gasteiger partial charge in [0.05, 0.1) is 22.7 Å². The van der Waals surface area contributed by atoms with Crippen LogP contribution >= 0.6 is 11.6 Å². The van der Waals surface area contributed by atoms with Crippen molar-refractivity contribution in [2.45, 2.75) is 18.2 Å². The second-order valence-electron chi connectivity index (χ2n) is 6.38. The molecule has 3 aromatic rings. The van der Waals surface area contributed by atoms with Crippen LogP contribution in [0.5, 0.6) is 17.2 Å². The maximum Gasteiger partial charge on any atom is 0.317 e. The Bertz CT molecular complexity index is 1230. The Morgan fingerprint density at radius 1 is 1.17 bits per heavy atom. The predicted octanol–water partition coefficient (Wildman–Crippen LogP) is 4.10. The van der Waals surface area contributed by atoms with Gasteiger partial charge in [-0.15, -0.1) is 0 Å². The van der Waals surface area contributed by atoms with Crippen LogP contribution in [0.3, 0.4) is 0 Å². The number of benzene rings is 2. The van der Waals surface area contributed by atoms with Gasteiger partial charge in [-0.2, -0.15) is 0 Å². The van der Waals surface area contributed by atoms with Crippen molar-refractivity contribution in [3.8, 4) is 17.2 Å². The van der Waals surface area contributed by atoms with E-state index in [-0.39, 0.29) is 17.1 Å². The van der Waals surface area contributed by atoms with Crippen LogP contribution < -0.4 is 14.2 Å². The molecular formula is C20H15ClN2O5S. The van der Waals surface area contributed by atoms with Gasteiger partial charge in [0, 0.05) is 23.4 Å². The number of nitrogens with zero attached hydrogens (tertiary/aromatic N) is 1. The summed E-state index contributed by atoms with van der Waals surface area (Å²) in [5.74, 6) is 0.575. The Morgan fingerprint density at radius 3 is 2.79 bits per heavy atom. The van der Waals surface area contributed by atoms with Gasteiger partial charge in [-0.25, -0.2) is 8.42 Å². The van der Waals surface area contributed by atoms with E-state index in [2.05, 4.69) is 9.71 Å². The van der Waals surface area contributed by atoms with Crippen LogP contribution in [0.1, 0.15) is 11.3 Å². The van der Waals surface area contributed by atoms with Crippen molar-refractivity contribution >= 4 is 33.3 Å². The molecule has 1 aromatic heterocycles. The molecule has 0 amide bonds. The molecule has 0 atom stereocenters. The first-order valence-corrected chi connectivity index (χ1v) is 10.4. The number of esters is 1. The summed E-state index contributed by atoms with van der Waals surface area (Å²) in [6.07, 6.45) is 1.61. The smallest absolute Gasteiger partial charge is 0.317 e. The van der Waals surface area contributed by atoms with E-state index in [1.54, 1.807) is 31.2 Å². The molecule has 0 bridgehead atoms. The zero-order valence-corrected chi connectivity index (χ0v) is 16.8.